The highest BCUT2D eigenvalue weighted by Gasteiger charge is 2.26. The fraction of sp³-hybridized carbons (Fsp3) is 0.500. The Labute approximate surface area is 86.6 Å². The largest absolute Gasteiger partial charge is 0.309 e. The summed E-state index contributed by atoms with van der Waals surface area (Å²) in [6.45, 7) is 0. The zero-order valence-electron chi connectivity index (χ0n) is 5.96. The van der Waals surface area contributed by atoms with Crippen LogP contribution in [0.4, 0.5) is 0 Å². The Morgan fingerprint density at radius 3 is 3.00 bits per heavy atom. The topological polar surface area (TPSA) is 0 Å². The van der Waals surface area contributed by atoms with Gasteiger partial charge >= 0.3 is 10.3 Å². The number of fused-ring (bicyclic) bond motifs is 1. The predicted molar refractivity (Wildman–Crippen MR) is 59.8 cm³/mol. The van der Waals surface area contributed by atoms with Crippen molar-refractivity contribution in [3.05, 3.63) is 0 Å². The number of hydrogen-bond acceptors (Lipinski definition) is 4. The number of thioether (sulfide) groups is 3. The van der Waals surface area contributed by atoms with Crippen LogP contribution in [0.3, 0.4) is 0 Å². The van der Waals surface area contributed by atoms with Gasteiger partial charge < -0.3 is 0 Å². The van der Waals surface area contributed by atoms with Crippen molar-refractivity contribution >= 4 is 56.0 Å². The molecule has 0 aliphatic carbocycles. The van der Waals surface area contributed by atoms with E-state index >= 15 is 0 Å². The van der Waals surface area contributed by atoms with Crippen molar-refractivity contribution < 1.29 is 0 Å². The molecule has 1 aliphatic rings. The molecule has 0 nitrogen and oxygen atoms in total. The van der Waals surface area contributed by atoms with Gasteiger partial charge in [-0.05, 0) is 6.26 Å². The highest BCUT2D eigenvalue weighted by molar-refractivity contribution is 8.10. The normalized spacial score (nSPS) is 16.5. The molecular weight excluding hydrogens is 232 g/mol. The average Bonchev–Trinajstić information content (AvgIpc) is 2.47. The van der Waals surface area contributed by atoms with Crippen LogP contribution in [0.25, 0.3) is 0 Å². The second-order valence-electron chi connectivity index (χ2n) is 1.97. The molecule has 0 fully saturated rings. The molecule has 0 amide bonds. The van der Waals surface area contributed by atoms with Crippen molar-refractivity contribution in [2.45, 2.75) is 13.3 Å². The quantitative estimate of drug-likeness (QED) is 0.413. The van der Waals surface area contributed by atoms with E-state index in [1.165, 1.54) is 15.7 Å². The molecule has 60 valence electrons. The number of hydrogen-bond donors (Lipinski definition) is 0. The van der Waals surface area contributed by atoms with Gasteiger partial charge in [-0.1, -0.05) is 11.8 Å². The molecule has 5 heteroatoms. The van der Waals surface area contributed by atoms with E-state index in [1.54, 1.807) is 9.10 Å². The summed E-state index contributed by atoms with van der Waals surface area (Å²) >= 11 is 5.93. The summed E-state index contributed by atoms with van der Waals surface area (Å²) in [4.78, 5) is 1.56. The maximum Gasteiger partial charge on any atom is 0.309 e. The van der Waals surface area contributed by atoms with Gasteiger partial charge in [-0.15, -0.1) is 23.5 Å². The van der Waals surface area contributed by atoms with Crippen LogP contribution in [0.15, 0.2) is 13.3 Å². The summed E-state index contributed by atoms with van der Waals surface area (Å²) in [6.07, 6.45) is 2.17. The van der Waals surface area contributed by atoms with Gasteiger partial charge in [0.2, 0.25) is 0 Å². The zero-order chi connectivity index (χ0) is 7.68. The predicted octanol–water partition coefficient (Wildman–Crippen LogP) is 4.01. The first-order valence-electron chi connectivity index (χ1n) is 3.17. The molecule has 2 rings (SSSR count). The van der Waals surface area contributed by atoms with Gasteiger partial charge in [-0.2, -0.15) is 0 Å². The Hall–Kier alpha value is 1.10. The summed E-state index contributed by atoms with van der Waals surface area (Å²) < 4.78 is 3.07. The molecule has 0 unspecified atom stereocenters. The van der Waals surface area contributed by atoms with E-state index < -0.39 is 0 Å². The monoisotopic (exact) mass is 239 g/mol. The van der Waals surface area contributed by atoms with Gasteiger partial charge in [0.05, 0.1) is 0 Å². The minimum atomic E-state index is 1.29. The number of rotatable bonds is 1. The van der Waals surface area contributed by atoms with E-state index in [0.29, 0.717) is 0 Å². The minimum Gasteiger partial charge on any atom is -0.117 e. The van der Waals surface area contributed by atoms with Crippen LogP contribution in [-0.4, -0.2) is 17.8 Å². The van der Waals surface area contributed by atoms with Gasteiger partial charge in [0, 0.05) is 11.5 Å². The van der Waals surface area contributed by atoms with E-state index in [2.05, 4.69) is 6.26 Å². The average molecular weight is 239 g/mol. The van der Waals surface area contributed by atoms with E-state index in [-0.39, 0.29) is 0 Å². The van der Waals surface area contributed by atoms with Gasteiger partial charge in [-0.3, -0.25) is 0 Å². The van der Waals surface area contributed by atoms with Crippen molar-refractivity contribution in [1.29, 1.82) is 0 Å². The first-order valence-corrected chi connectivity index (χ1v) is 8.52. The Bertz CT molecular complexity index is 240. The first-order chi connectivity index (χ1) is 5.42. The lowest BCUT2D eigenvalue weighted by atomic mass is 10.8. The summed E-state index contributed by atoms with van der Waals surface area (Å²) in [5.74, 6) is 2.58. The van der Waals surface area contributed by atoms with Crippen molar-refractivity contribution in [2.75, 3.05) is 17.8 Å². The van der Waals surface area contributed by atoms with Crippen molar-refractivity contribution in [3.8, 4) is 0 Å². The summed E-state index contributed by atoms with van der Waals surface area (Å²) in [5, 5.41) is 0. The molecule has 0 saturated heterocycles. The Morgan fingerprint density at radius 2 is 2.18 bits per heavy atom. The SMILES string of the molecule is CSc1[s+]sc2c1SCCS2. The molecule has 0 aromatic carbocycles. The second-order valence-corrected chi connectivity index (χ2v) is 7.67. The molecule has 11 heavy (non-hydrogen) atoms. The standard InChI is InChI=1S/C6H7S5/c1-7-5-4-6(11-10-5)9-3-2-8-4/h2-3H2,1H3/q+1. The molecule has 0 atom stereocenters. The highest BCUT2D eigenvalue weighted by atomic mass is 32.9. The first kappa shape index (κ1) is 8.69. The van der Waals surface area contributed by atoms with Crippen LogP contribution >= 0.6 is 56.0 Å². The van der Waals surface area contributed by atoms with E-state index in [0.717, 1.165) is 0 Å². The molecule has 1 aliphatic heterocycles. The molecule has 0 bridgehead atoms. The molecule has 0 saturated carbocycles. The summed E-state index contributed by atoms with van der Waals surface area (Å²) in [6, 6.07) is 0. The van der Waals surface area contributed by atoms with Crippen molar-refractivity contribution in [1.82, 2.24) is 0 Å². The minimum absolute atomic E-state index is 1.29. The van der Waals surface area contributed by atoms with Gasteiger partial charge in [-0.25, -0.2) is 0 Å². The molecule has 0 spiro atoms. The van der Waals surface area contributed by atoms with Crippen LogP contribution in [0.1, 0.15) is 0 Å². The zero-order valence-corrected chi connectivity index (χ0v) is 10.0. The molecule has 0 radical (unpaired) electrons. The van der Waals surface area contributed by atoms with Crippen molar-refractivity contribution in [3.63, 3.8) is 0 Å². The second kappa shape index (κ2) is 3.87. The fourth-order valence-corrected chi connectivity index (χ4v) is 8.45. The van der Waals surface area contributed by atoms with Crippen LogP contribution < -0.4 is 0 Å². The van der Waals surface area contributed by atoms with Crippen molar-refractivity contribution in [2.24, 2.45) is 0 Å². The highest BCUT2D eigenvalue weighted by Crippen LogP contribution is 2.49. The third kappa shape index (κ3) is 1.72. The smallest absolute Gasteiger partial charge is 0.117 e. The van der Waals surface area contributed by atoms with Crippen LogP contribution in [0.5, 0.6) is 0 Å². The van der Waals surface area contributed by atoms with E-state index in [9.17, 15) is 0 Å². The van der Waals surface area contributed by atoms with Gasteiger partial charge in [0.25, 0.3) is 4.21 Å². The van der Waals surface area contributed by atoms with Crippen LogP contribution in [0, 0.1) is 0 Å². The fourth-order valence-electron chi connectivity index (χ4n) is 0.847. The molecule has 1 aromatic rings. The molecule has 1 aromatic heterocycles. The molecule has 0 N–H and O–H groups in total. The van der Waals surface area contributed by atoms with E-state index in [1.807, 2.05) is 56.0 Å². The summed E-state index contributed by atoms with van der Waals surface area (Å²) in [7, 11) is 3.87. The lowest BCUT2D eigenvalue weighted by Gasteiger charge is -2.05. The Morgan fingerprint density at radius 1 is 1.36 bits per heavy atom. The van der Waals surface area contributed by atoms with Gasteiger partial charge in [0.1, 0.15) is 9.10 Å². The molecule has 2 heterocycles. The Balaban J connectivity index is 2.38. The lowest BCUT2D eigenvalue weighted by Crippen LogP contribution is -1.89. The van der Waals surface area contributed by atoms with Crippen LogP contribution in [-0.2, 0) is 0 Å². The van der Waals surface area contributed by atoms with Crippen LogP contribution in [0.2, 0.25) is 0 Å². The maximum atomic E-state index is 2.17. The summed E-state index contributed by atoms with van der Waals surface area (Å²) in [5.41, 5.74) is 0. The van der Waals surface area contributed by atoms with Gasteiger partial charge in [0.15, 0.2) is 10.3 Å². The Kier molecular flexibility index (Phi) is 3.06. The maximum absolute atomic E-state index is 2.17. The third-order valence-corrected chi connectivity index (χ3v) is 8.67. The third-order valence-electron chi connectivity index (χ3n) is 1.31. The molecular formula is C6H7S5+. The van der Waals surface area contributed by atoms with E-state index in [4.69, 9.17) is 0 Å². The lowest BCUT2D eigenvalue weighted by molar-refractivity contribution is 1.25.